The lowest BCUT2D eigenvalue weighted by Gasteiger charge is -2.33. The normalized spacial score (nSPS) is 20.4. The lowest BCUT2D eigenvalue weighted by atomic mass is 10.0. The van der Waals surface area contributed by atoms with Crippen LogP contribution in [0, 0.1) is 6.92 Å². The molecule has 1 atom stereocenters. The molecule has 5 heteroatoms. The summed E-state index contributed by atoms with van der Waals surface area (Å²) in [5.41, 5.74) is 1.23. The highest BCUT2D eigenvalue weighted by atomic mass is 32.1. The summed E-state index contributed by atoms with van der Waals surface area (Å²) in [4.78, 5) is 15.3. The molecular weight excluding hydrogens is 260 g/mol. The number of carbonyl (C=O) groups is 1. The van der Waals surface area contributed by atoms with E-state index in [0.29, 0.717) is 13.1 Å². The topological polar surface area (TPSA) is 52.6 Å². The standard InChI is InChI=1S/C14H22N2O2S/c1-11-5-7-19-13(11)8-15-14(18)9-16-6-3-2-4-12(16)10-17/h5,7,12,17H,2-4,6,8-10H2,1H3,(H,15,18). The second-order valence-corrected chi connectivity index (χ2v) is 6.11. The molecule has 0 spiro atoms. The second-order valence-electron chi connectivity index (χ2n) is 5.11. The number of aliphatic hydroxyl groups is 1. The predicted molar refractivity (Wildman–Crippen MR) is 77.2 cm³/mol. The van der Waals surface area contributed by atoms with Crippen LogP contribution >= 0.6 is 11.3 Å². The minimum Gasteiger partial charge on any atom is -0.395 e. The Balaban J connectivity index is 1.79. The summed E-state index contributed by atoms with van der Waals surface area (Å²) in [6.45, 7) is 4.13. The Morgan fingerprint density at radius 3 is 3.11 bits per heavy atom. The second kappa shape index (κ2) is 7.03. The van der Waals surface area contributed by atoms with Gasteiger partial charge < -0.3 is 10.4 Å². The fraction of sp³-hybridized carbons (Fsp3) is 0.643. The van der Waals surface area contributed by atoms with Crippen LogP contribution in [0.4, 0.5) is 0 Å². The first-order valence-corrected chi connectivity index (χ1v) is 7.73. The number of hydrogen-bond donors (Lipinski definition) is 2. The highest BCUT2D eigenvalue weighted by molar-refractivity contribution is 7.10. The van der Waals surface area contributed by atoms with E-state index >= 15 is 0 Å². The number of piperidine rings is 1. The van der Waals surface area contributed by atoms with E-state index in [1.54, 1.807) is 11.3 Å². The maximum Gasteiger partial charge on any atom is 0.234 e. The maximum atomic E-state index is 11.9. The Morgan fingerprint density at radius 2 is 2.42 bits per heavy atom. The Labute approximate surface area is 118 Å². The summed E-state index contributed by atoms with van der Waals surface area (Å²) in [6, 6.07) is 2.22. The summed E-state index contributed by atoms with van der Waals surface area (Å²) in [6.07, 6.45) is 3.26. The molecule has 1 amide bonds. The molecule has 2 N–H and O–H groups in total. The number of hydrogen-bond acceptors (Lipinski definition) is 4. The van der Waals surface area contributed by atoms with Crippen LogP contribution in [0.15, 0.2) is 11.4 Å². The molecule has 0 saturated carbocycles. The van der Waals surface area contributed by atoms with E-state index in [9.17, 15) is 9.90 Å². The van der Waals surface area contributed by atoms with Crippen LogP contribution in [0.2, 0.25) is 0 Å². The van der Waals surface area contributed by atoms with E-state index in [1.807, 2.05) is 5.38 Å². The molecule has 1 saturated heterocycles. The molecule has 2 rings (SSSR count). The van der Waals surface area contributed by atoms with Crippen LogP contribution in [0.1, 0.15) is 29.7 Å². The van der Waals surface area contributed by atoms with Gasteiger partial charge in [-0.3, -0.25) is 9.69 Å². The third kappa shape index (κ3) is 4.03. The van der Waals surface area contributed by atoms with Crippen molar-refractivity contribution in [2.24, 2.45) is 0 Å². The van der Waals surface area contributed by atoms with Crippen molar-refractivity contribution in [2.75, 3.05) is 19.7 Å². The van der Waals surface area contributed by atoms with Gasteiger partial charge in [-0.05, 0) is 43.3 Å². The van der Waals surface area contributed by atoms with Gasteiger partial charge >= 0.3 is 0 Å². The van der Waals surface area contributed by atoms with Crippen LogP contribution in [0.5, 0.6) is 0 Å². The Hall–Kier alpha value is -0.910. The van der Waals surface area contributed by atoms with E-state index in [4.69, 9.17) is 0 Å². The molecule has 2 heterocycles. The highest BCUT2D eigenvalue weighted by Gasteiger charge is 2.23. The number of aliphatic hydroxyl groups excluding tert-OH is 1. The summed E-state index contributed by atoms with van der Waals surface area (Å²) in [7, 11) is 0. The smallest absolute Gasteiger partial charge is 0.234 e. The van der Waals surface area contributed by atoms with Crippen molar-refractivity contribution in [3.8, 4) is 0 Å². The van der Waals surface area contributed by atoms with Crippen LogP contribution in [-0.4, -0.2) is 41.7 Å². The van der Waals surface area contributed by atoms with Gasteiger partial charge in [-0.1, -0.05) is 6.42 Å². The zero-order valence-electron chi connectivity index (χ0n) is 11.4. The number of thiophene rings is 1. The fourth-order valence-corrected chi connectivity index (χ4v) is 3.33. The number of aryl methyl sites for hydroxylation is 1. The van der Waals surface area contributed by atoms with Gasteiger partial charge in [0.15, 0.2) is 0 Å². The number of nitrogens with zero attached hydrogens (tertiary/aromatic N) is 1. The van der Waals surface area contributed by atoms with Gasteiger partial charge in [-0.2, -0.15) is 0 Å². The van der Waals surface area contributed by atoms with Gasteiger partial charge in [0, 0.05) is 10.9 Å². The molecule has 1 aliphatic rings. The minimum atomic E-state index is 0.0492. The Kier molecular flexibility index (Phi) is 5.36. The molecule has 1 aliphatic heterocycles. The van der Waals surface area contributed by atoms with Crippen molar-refractivity contribution >= 4 is 17.2 Å². The monoisotopic (exact) mass is 282 g/mol. The molecule has 19 heavy (non-hydrogen) atoms. The summed E-state index contributed by atoms with van der Waals surface area (Å²) in [5, 5.41) is 14.3. The third-order valence-electron chi connectivity index (χ3n) is 3.72. The number of nitrogens with one attached hydrogen (secondary N) is 1. The van der Waals surface area contributed by atoms with Crippen LogP contribution in [-0.2, 0) is 11.3 Å². The van der Waals surface area contributed by atoms with Crippen molar-refractivity contribution in [2.45, 2.75) is 38.8 Å². The molecule has 0 bridgehead atoms. The number of likely N-dealkylation sites (tertiary alicyclic amines) is 1. The van der Waals surface area contributed by atoms with E-state index < -0.39 is 0 Å². The van der Waals surface area contributed by atoms with E-state index in [0.717, 1.165) is 25.8 Å². The van der Waals surface area contributed by atoms with Crippen LogP contribution in [0.25, 0.3) is 0 Å². The molecule has 1 unspecified atom stereocenters. The van der Waals surface area contributed by atoms with E-state index in [-0.39, 0.29) is 18.6 Å². The van der Waals surface area contributed by atoms with Crippen molar-refractivity contribution in [3.05, 3.63) is 21.9 Å². The molecule has 0 aliphatic carbocycles. The molecule has 106 valence electrons. The van der Waals surface area contributed by atoms with E-state index in [2.05, 4.69) is 23.2 Å². The van der Waals surface area contributed by atoms with Gasteiger partial charge in [0.25, 0.3) is 0 Å². The predicted octanol–water partition coefficient (Wildman–Crippen LogP) is 1.52. The first kappa shape index (κ1) is 14.5. The van der Waals surface area contributed by atoms with Crippen molar-refractivity contribution in [3.63, 3.8) is 0 Å². The molecule has 4 nitrogen and oxygen atoms in total. The largest absolute Gasteiger partial charge is 0.395 e. The lowest BCUT2D eigenvalue weighted by molar-refractivity contribution is -0.123. The third-order valence-corrected chi connectivity index (χ3v) is 4.74. The average Bonchev–Trinajstić information content (AvgIpc) is 2.82. The van der Waals surface area contributed by atoms with Gasteiger partial charge in [0.1, 0.15) is 0 Å². The van der Waals surface area contributed by atoms with Crippen LogP contribution < -0.4 is 5.32 Å². The molecule has 1 aromatic heterocycles. The van der Waals surface area contributed by atoms with Crippen molar-refractivity contribution < 1.29 is 9.90 Å². The van der Waals surface area contributed by atoms with Crippen molar-refractivity contribution in [1.29, 1.82) is 0 Å². The van der Waals surface area contributed by atoms with Crippen molar-refractivity contribution in [1.82, 2.24) is 10.2 Å². The van der Waals surface area contributed by atoms with Crippen LogP contribution in [0.3, 0.4) is 0 Å². The summed E-state index contributed by atoms with van der Waals surface area (Å²) < 4.78 is 0. The molecule has 1 fully saturated rings. The average molecular weight is 282 g/mol. The fourth-order valence-electron chi connectivity index (χ4n) is 2.48. The lowest BCUT2D eigenvalue weighted by Crippen LogP contribution is -2.46. The molecule has 0 aromatic carbocycles. The number of amides is 1. The molecular formula is C14H22N2O2S. The minimum absolute atomic E-state index is 0.0492. The first-order valence-electron chi connectivity index (χ1n) is 6.85. The van der Waals surface area contributed by atoms with Gasteiger partial charge in [-0.15, -0.1) is 11.3 Å². The van der Waals surface area contributed by atoms with Gasteiger partial charge in [-0.25, -0.2) is 0 Å². The van der Waals surface area contributed by atoms with Gasteiger partial charge in [0.2, 0.25) is 5.91 Å². The Bertz CT molecular complexity index is 419. The SMILES string of the molecule is Cc1ccsc1CNC(=O)CN1CCCCC1CO. The number of carbonyl (C=O) groups excluding carboxylic acids is 1. The number of rotatable bonds is 5. The zero-order valence-corrected chi connectivity index (χ0v) is 12.2. The zero-order chi connectivity index (χ0) is 13.7. The summed E-state index contributed by atoms with van der Waals surface area (Å²) >= 11 is 1.67. The van der Waals surface area contributed by atoms with E-state index in [1.165, 1.54) is 10.4 Å². The molecule has 1 aromatic rings. The highest BCUT2D eigenvalue weighted by Crippen LogP contribution is 2.17. The quantitative estimate of drug-likeness (QED) is 0.861. The molecule has 0 radical (unpaired) electrons. The maximum absolute atomic E-state index is 11.9. The van der Waals surface area contributed by atoms with Gasteiger partial charge in [0.05, 0.1) is 19.7 Å². The first-order chi connectivity index (χ1) is 9.20. The Morgan fingerprint density at radius 1 is 1.58 bits per heavy atom. The summed E-state index contributed by atoms with van der Waals surface area (Å²) in [5.74, 6) is 0.0492.